The smallest absolute Gasteiger partial charge is 0.132 e. The van der Waals surface area contributed by atoms with Crippen LogP contribution in [-0.4, -0.2) is 0 Å². The van der Waals surface area contributed by atoms with Gasteiger partial charge in [0.15, 0.2) is 0 Å². The van der Waals surface area contributed by atoms with Crippen molar-refractivity contribution in [2.45, 2.75) is 43.9 Å². The van der Waals surface area contributed by atoms with Crippen LogP contribution in [0.4, 0.5) is 17.1 Å². The first-order valence-corrected chi connectivity index (χ1v) is 21.6. The Labute approximate surface area is 357 Å². The molecule has 0 saturated heterocycles. The van der Waals surface area contributed by atoms with Crippen molar-refractivity contribution in [1.82, 2.24) is 0 Å². The summed E-state index contributed by atoms with van der Waals surface area (Å²) in [6.45, 7) is 9.49. The Bertz CT molecular complexity index is 3210. The Morgan fingerprint density at radius 3 is 1.21 bits per heavy atom. The second-order valence-electron chi connectivity index (χ2n) is 18.5. The lowest BCUT2D eigenvalue weighted by Crippen LogP contribution is -2.32. The highest BCUT2D eigenvalue weighted by molar-refractivity contribution is 5.94. The van der Waals surface area contributed by atoms with Crippen LogP contribution < -0.4 is 9.64 Å². The maximum absolute atomic E-state index is 7.08. The van der Waals surface area contributed by atoms with Gasteiger partial charge in [0.1, 0.15) is 11.5 Å². The van der Waals surface area contributed by atoms with Gasteiger partial charge in [-0.15, -0.1) is 0 Å². The number of fused-ring (bicyclic) bond motifs is 16. The molecule has 0 unspecified atom stereocenters. The van der Waals surface area contributed by atoms with Gasteiger partial charge < -0.3 is 9.64 Å². The Balaban J connectivity index is 1.08. The quantitative estimate of drug-likeness (QED) is 0.177. The fraction of sp³-hybridized carbons (Fsp3) is 0.119. The summed E-state index contributed by atoms with van der Waals surface area (Å²) < 4.78 is 7.08. The highest BCUT2D eigenvalue weighted by Gasteiger charge is 2.51. The van der Waals surface area contributed by atoms with Gasteiger partial charge in [-0.3, -0.25) is 0 Å². The van der Waals surface area contributed by atoms with E-state index >= 15 is 0 Å². The number of hydrogen-bond acceptors (Lipinski definition) is 2. The predicted octanol–water partition coefficient (Wildman–Crippen LogP) is 15.4. The lowest BCUT2D eigenvalue weighted by atomic mass is 9.65. The van der Waals surface area contributed by atoms with Crippen LogP contribution in [0, 0.1) is 0 Å². The minimum absolute atomic E-state index is 0.146. The molecule has 1 heterocycles. The average Bonchev–Trinajstić information content (AvgIpc) is 3.81. The van der Waals surface area contributed by atoms with Gasteiger partial charge in [0.05, 0.1) is 5.41 Å². The molecule has 9 aromatic carbocycles. The highest BCUT2D eigenvalue weighted by atomic mass is 16.5. The first-order chi connectivity index (χ1) is 29.7. The van der Waals surface area contributed by atoms with Crippen LogP contribution in [0.5, 0.6) is 11.5 Å². The third kappa shape index (κ3) is 4.47. The molecule has 0 N–H and O–H groups in total. The summed E-state index contributed by atoms with van der Waals surface area (Å²) in [5.41, 5.74) is 20.7. The summed E-state index contributed by atoms with van der Waals surface area (Å²) in [5, 5.41) is 2.38. The van der Waals surface area contributed by atoms with Gasteiger partial charge in [0.25, 0.3) is 0 Å². The zero-order valence-corrected chi connectivity index (χ0v) is 34.8. The van der Waals surface area contributed by atoms with Crippen molar-refractivity contribution in [1.29, 1.82) is 0 Å². The van der Waals surface area contributed by atoms with Crippen molar-refractivity contribution in [2.75, 3.05) is 4.90 Å². The van der Waals surface area contributed by atoms with Crippen molar-refractivity contribution < 1.29 is 4.74 Å². The van der Waals surface area contributed by atoms with Crippen molar-refractivity contribution >= 4 is 27.8 Å². The van der Waals surface area contributed by atoms with Gasteiger partial charge in [-0.05, 0) is 132 Å². The molecule has 9 aromatic rings. The summed E-state index contributed by atoms with van der Waals surface area (Å²) >= 11 is 0. The van der Waals surface area contributed by atoms with Gasteiger partial charge in [-0.25, -0.2) is 0 Å². The average molecular weight is 782 g/mol. The maximum atomic E-state index is 7.08. The van der Waals surface area contributed by atoms with Gasteiger partial charge in [-0.2, -0.15) is 0 Å². The molecule has 13 rings (SSSR count). The van der Waals surface area contributed by atoms with E-state index in [-0.39, 0.29) is 10.8 Å². The fourth-order valence-corrected chi connectivity index (χ4v) is 11.8. The summed E-state index contributed by atoms with van der Waals surface area (Å²) in [5.74, 6) is 1.79. The number of ether oxygens (including phenoxy) is 1. The molecule has 2 heteroatoms. The number of nitrogens with zero attached hydrogens (tertiary/aromatic N) is 1. The molecular weight excluding hydrogens is 739 g/mol. The van der Waals surface area contributed by atoms with E-state index in [0.717, 1.165) is 34.1 Å². The highest BCUT2D eigenvalue weighted by Crippen LogP contribution is 2.63. The largest absolute Gasteiger partial charge is 0.457 e. The van der Waals surface area contributed by atoms with Crippen LogP contribution in [0.25, 0.3) is 44.2 Å². The van der Waals surface area contributed by atoms with E-state index in [1.807, 2.05) is 0 Å². The summed E-state index contributed by atoms with van der Waals surface area (Å²) in [7, 11) is 0. The van der Waals surface area contributed by atoms with E-state index in [1.54, 1.807) is 0 Å². The lowest BCUT2D eigenvalue weighted by molar-refractivity contribution is 0.437. The van der Waals surface area contributed by atoms with Crippen molar-refractivity contribution in [2.24, 2.45) is 0 Å². The van der Waals surface area contributed by atoms with Crippen molar-refractivity contribution in [3.05, 3.63) is 233 Å². The molecule has 0 radical (unpaired) electrons. The molecule has 4 aliphatic rings. The van der Waals surface area contributed by atoms with E-state index in [2.05, 4.69) is 221 Å². The first kappa shape index (κ1) is 34.7. The van der Waals surface area contributed by atoms with Gasteiger partial charge in [0.2, 0.25) is 0 Å². The molecule has 0 fully saturated rings. The summed E-state index contributed by atoms with van der Waals surface area (Å²) in [4.78, 5) is 2.50. The monoisotopic (exact) mass is 781 g/mol. The van der Waals surface area contributed by atoms with E-state index in [9.17, 15) is 0 Å². The van der Waals surface area contributed by atoms with Crippen molar-refractivity contribution in [3.63, 3.8) is 0 Å². The first-order valence-electron chi connectivity index (χ1n) is 21.6. The van der Waals surface area contributed by atoms with Gasteiger partial charge in [-0.1, -0.05) is 161 Å². The van der Waals surface area contributed by atoms with Crippen molar-refractivity contribution in [3.8, 4) is 44.9 Å². The van der Waals surface area contributed by atoms with Crippen LogP contribution in [0.3, 0.4) is 0 Å². The van der Waals surface area contributed by atoms with Crippen LogP contribution in [0.15, 0.2) is 188 Å². The molecule has 0 bridgehead atoms. The van der Waals surface area contributed by atoms with Crippen LogP contribution in [0.1, 0.15) is 72.2 Å². The molecule has 1 aliphatic heterocycles. The van der Waals surface area contributed by atoms with Crippen LogP contribution >= 0.6 is 0 Å². The molecule has 3 aliphatic carbocycles. The zero-order valence-electron chi connectivity index (χ0n) is 34.8. The third-order valence-corrected chi connectivity index (χ3v) is 14.7. The third-order valence-electron chi connectivity index (χ3n) is 14.7. The standard InChI is InChI=1S/C59H43NO/c1-57(2)47-21-11-7-17-41(47)45-28-25-38(33-51(45)57)60(39-26-29-46-42-18-8-12-22-48(42)58(3,4)52(46)34-39)40-27-30-55-54(35-40)59(53-31-36-15-5-6-16-37(36)32-56(53)61-55)49-23-13-9-19-43(49)44-20-10-14-24-50(44)59/h5-35H,1-4H3. The Hall–Kier alpha value is -7.16. The zero-order chi connectivity index (χ0) is 40.8. The number of hydrogen-bond donors (Lipinski definition) is 0. The number of benzene rings is 9. The molecule has 0 saturated carbocycles. The minimum Gasteiger partial charge on any atom is -0.457 e. The SMILES string of the molecule is CC1(C)c2ccccc2-c2ccc(N(c3ccc4c(c3)C(C)(C)c3ccccc3-4)c3ccc4c(c3)C3(c5cc6ccccc6cc5O4)c4ccccc4-c4ccccc43)cc21. The van der Waals surface area contributed by atoms with Crippen LogP contribution in [-0.2, 0) is 16.2 Å². The number of anilines is 3. The Morgan fingerprint density at radius 1 is 0.311 bits per heavy atom. The van der Waals surface area contributed by atoms with Crippen LogP contribution in [0.2, 0.25) is 0 Å². The maximum Gasteiger partial charge on any atom is 0.132 e. The molecule has 1 spiro atoms. The molecule has 0 amide bonds. The van der Waals surface area contributed by atoms with E-state index < -0.39 is 5.41 Å². The molecular formula is C59H43NO. The molecule has 61 heavy (non-hydrogen) atoms. The van der Waals surface area contributed by atoms with E-state index in [1.165, 1.54) is 83.1 Å². The predicted molar refractivity (Wildman–Crippen MR) is 251 cm³/mol. The second kappa shape index (κ2) is 12.0. The van der Waals surface area contributed by atoms with E-state index in [4.69, 9.17) is 4.74 Å². The normalized spacial score (nSPS) is 15.7. The molecule has 0 aromatic heterocycles. The Kier molecular flexibility index (Phi) is 6.81. The summed E-state index contributed by atoms with van der Waals surface area (Å²) in [6.07, 6.45) is 0. The van der Waals surface area contributed by atoms with E-state index in [0.29, 0.717) is 0 Å². The topological polar surface area (TPSA) is 12.5 Å². The Morgan fingerprint density at radius 2 is 0.689 bits per heavy atom. The lowest BCUT2D eigenvalue weighted by Gasteiger charge is -2.40. The fourth-order valence-electron chi connectivity index (χ4n) is 11.8. The number of rotatable bonds is 3. The summed E-state index contributed by atoms with van der Waals surface area (Å²) in [6, 6.07) is 70.4. The second-order valence-corrected chi connectivity index (χ2v) is 18.5. The molecule has 290 valence electrons. The van der Waals surface area contributed by atoms with Gasteiger partial charge >= 0.3 is 0 Å². The van der Waals surface area contributed by atoms with Gasteiger partial charge in [0, 0.05) is 39.0 Å². The molecule has 0 atom stereocenters. The molecule has 2 nitrogen and oxygen atoms in total. The minimum atomic E-state index is -0.606.